The summed E-state index contributed by atoms with van der Waals surface area (Å²) in [7, 11) is 1.78. The van der Waals surface area contributed by atoms with E-state index in [1.54, 1.807) is 20.0 Å². The Bertz CT molecular complexity index is 924. The molecule has 2 aromatic rings. The molecule has 0 saturated carbocycles. The summed E-state index contributed by atoms with van der Waals surface area (Å²) in [6.45, 7) is 5.70. The minimum absolute atomic E-state index is 0.114. The molecule has 2 amide bonds. The first-order valence-electron chi connectivity index (χ1n) is 8.22. The molecule has 9 nitrogen and oxygen atoms in total. The van der Waals surface area contributed by atoms with Crippen LogP contribution in [-0.2, 0) is 0 Å². The molecule has 0 saturated heterocycles. The van der Waals surface area contributed by atoms with Gasteiger partial charge in [-0.1, -0.05) is 25.4 Å². The zero-order valence-corrected chi connectivity index (χ0v) is 16.2. The summed E-state index contributed by atoms with van der Waals surface area (Å²) in [6, 6.07) is 3.82. The number of aromatic nitrogens is 2. The molecule has 6 N–H and O–H groups in total. The van der Waals surface area contributed by atoms with Crippen molar-refractivity contribution >= 4 is 40.5 Å². The SMILES string of the molecule is CNc1c(C(C)C)cc(NNC(=O)Nc2cc(Cl)[nH]c(=O)c2)nc1C(C)=N. The second-order valence-corrected chi connectivity index (χ2v) is 6.54. The zero-order chi connectivity index (χ0) is 20.1. The van der Waals surface area contributed by atoms with Crippen LogP contribution in [0.3, 0.4) is 0 Å². The van der Waals surface area contributed by atoms with Crippen LogP contribution in [0.25, 0.3) is 0 Å². The van der Waals surface area contributed by atoms with Crippen molar-refractivity contribution in [1.82, 2.24) is 15.4 Å². The van der Waals surface area contributed by atoms with E-state index in [9.17, 15) is 9.59 Å². The molecule has 2 heterocycles. The van der Waals surface area contributed by atoms with E-state index in [0.717, 1.165) is 11.3 Å². The van der Waals surface area contributed by atoms with E-state index in [4.69, 9.17) is 17.0 Å². The number of hydrazine groups is 1. The van der Waals surface area contributed by atoms with Crippen LogP contribution >= 0.6 is 11.6 Å². The number of halogens is 1. The molecule has 144 valence electrons. The second-order valence-electron chi connectivity index (χ2n) is 6.14. The third-order valence-corrected chi connectivity index (χ3v) is 3.85. The Morgan fingerprint density at radius 2 is 2.00 bits per heavy atom. The summed E-state index contributed by atoms with van der Waals surface area (Å²) in [5.41, 5.74) is 7.52. The van der Waals surface area contributed by atoms with Gasteiger partial charge in [0.2, 0.25) is 0 Å². The molecule has 0 aliphatic rings. The number of amides is 2. The van der Waals surface area contributed by atoms with Gasteiger partial charge in [0.25, 0.3) is 5.56 Å². The third-order valence-electron chi connectivity index (χ3n) is 3.65. The van der Waals surface area contributed by atoms with Gasteiger partial charge in [0.15, 0.2) is 0 Å². The van der Waals surface area contributed by atoms with Gasteiger partial charge in [0.05, 0.1) is 17.1 Å². The maximum atomic E-state index is 12.0. The smallest absolute Gasteiger partial charge is 0.337 e. The average Bonchev–Trinajstić information content (AvgIpc) is 2.57. The van der Waals surface area contributed by atoms with E-state index in [1.807, 2.05) is 13.8 Å². The molecule has 0 bridgehead atoms. The number of carbonyl (C=O) groups is 1. The Balaban J connectivity index is 2.18. The highest BCUT2D eigenvalue weighted by atomic mass is 35.5. The molecular weight excluding hydrogens is 370 g/mol. The van der Waals surface area contributed by atoms with Gasteiger partial charge >= 0.3 is 6.03 Å². The fraction of sp³-hybridized carbons (Fsp3) is 0.294. The first-order chi connectivity index (χ1) is 12.7. The summed E-state index contributed by atoms with van der Waals surface area (Å²) in [5.74, 6) is 0.569. The molecule has 0 fully saturated rings. The van der Waals surface area contributed by atoms with E-state index in [-0.39, 0.29) is 16.8 Å². The Kier molecular flexibility index (Phi) is 6.40. The van der Waals surface area contributed by atoms with E-state index in [1.165, 1.54) is 12.1 Å². The highest BCUT2D eigenvalue weighted by Crippen LogP contribution is 2.29. The quantitative estimate of drug-likeness (QED) is 0.255. The minimum atomic E-state index is -0.601. The summed E-state index contributed by atoms with van der Waals surface area (Å²) < 4.78 is 0. The number of H-pyrrole nitrogens is 1. The summed E-state index contributed by atoms with van der Waals surface area (Å²) in [5, 5.41) is 13.6. The zero-order valence-electron chi connectivity index (χ0n) is 15.5. The number of urea groups is 1. The average molecular weight is 392 g/mol. The van der Waals surface area contributed by atoms with Crippen molar-refractivity contribution in [3.8, 4) is 0 Å². The molecule has 0 aliphatic heterocycles. The topological polar surface area (TPSA) is 135 Å². The highest BCUT2D eigenvalue weighted by Gasteiger charge is 2.16. The number of pyridine rings is 2. The summed E-state index contributed by atoms with van der Waals surface area (Å²) in [4.78, 5) is 30.2. The lowest BCUT2D eigenvalue weighted by Crippen LogP contribution is -2.34. The fourth-order valence-corrected chi connectivity index (χ4v) is 2.69. The summed E-state index contributed by atoms with van der Waals surface area (Å²) in [6.07, 6.45) is 0. The Labute approximate surface area is 161 Å². The molecule has 27 heavy (non-hydrogen) atoms. The number of aromatic amines is 1. The maximum Gasteiger partial charge on any atom is 0.337 e. The van der Waals surface area contributed by atoms with E-state index < -0.39 is 11.6 Å². The van der Waals surface area contributed by atoms with Gasteiger partial charge in [0, 0.05) is 13.1 Å². The van der Waals surface area contributed by atoms with Gasteiger partial charge in [-0.25, -0.2) is 9.78 Å². The van der Waals surface area contributed by atoms with Gasteiger partial charge in [0.1, 0.15) is 16.7 Å². The molecular formula is C17H22ClN7O2. The number of nitrogens with zero attached hydrogens (tertiary/aromatic N) is 1. The molecule has 10 heteroatoms. The molecule has 2 aromatic heterocycles. The first kappa shape index (κ1) is 20.2. The number of hydrogen-bond acceptors (Lipinski definition) is 6. The van der Waals surface area contributed by atoms with Gasteiger partial charge in [-0.3, -0.25) is 15.6 Å². The highest BCUT2D eigenvalue weighted by molar-refractivity contribution is 6.29. The van der Waals surface area contributed by atoms with Gasteiger partial charge < -0.3 is 21.0 Å². The van der Waals surface area contributed by atoms with Gasteiger partial charge in [-0.05, 0) is 30.5 Å². The van der Waals surface area contributed by atoms with Crippen LogP contribution in [0.2, 0.25) is 5.15 Å². The minimum Gasteiger partial charge on any atom is -0.386 e. The van der Waals surface area contributed by atoms with E-state index in [0.29, 0.717) is 17.2 Å². The van der Waals surface area contributed by atoms with Gasteiger partial charge in [-0.15, -0.1) is 0 Å². The number of rotatable bonds is 6. The van der Waals surface area contributed by atoms with Crippen molar-refractivity contribution in [2.75, 3.05) is 23.1 Å². The van der Waals surface area contributed by atoms with Crippen molar-refractivity contribution < 1.29 is 4.79 Å². The van der Waals surface area contributed by atoms with Crippen molar-refractivity contribution in [3.63, 3.8) is 0 Å². The molecule has 0 spiro atoms. The normalized spacial score (nSPS) is 10.4. The van der Waals surface area contributed by atoms with Crippen LogP contribution in [0.4, 0.5) is 22.0 Å². The van der Waals surface area contributed by atoms with Crippen LogP contribution in [0.1, 0.15) is 37.9 Å². The molecule has 0 aromatic carbocycles. The monoisotopic (exact) mass is 391 g/mol. The maximum absolute atomic E-state index is 12.0. The number of carbonyl (C=O) groups excluding carboxylic acids is 1. The lowest BCUT2D eigenvalue weighted by atomic mass is 9.99. The molecule has 0 aliphatic carbocycles. The summed E-state index contributed by atoms with van der Waals surface area (Å²) >= 11 is 5.75. The lowest BCUT2D eigenvalue weighted by molar-refractivity contribution is 0.254. The van der Waals surface area contributed by atoms with Crippen LogP contribution in [-0.4, -0.2) is 28.8 Å². The third kappa shape index (κ3) is 5.20. The second kappa shape index (κ2) is 8.54. The standard InChI is InChI=1S/C17H22ClN7O2/c1-8(2)11-7-13(23-15(9(3)19)16(11)20-4)24-25-17(27)21-10-5-12(18)22-14(26)6-10/h5-8,19-20H,1-4H3,(H,23,24)(H3,21,22,25,26,27). The lowest BCUT2D eigenvalue weighted by Gasteiger charge is -2.18. The van der Waals surface area contributed by atoms with Crippen LogP contribution in [0, 0.1) is 5.41 Å². The Hall–Kier alpha value is -3.07. The van der Waals surface area contributed by atoms with Crippen LogP contribution < -0.4 is 27.0 Å². The van der Waals surface area contributed by atoms with Crippen molar-refractivity contribution in [3.05, 3.63) is 45.0 Å². The van der Waals surface area contributed by atoms with Crippen LogP contribution in [0.5, 0.6) is 0 Å². The van der Waals surface area contributed by atoms with E-state index in [2.05, 4.69) is 31.5 Å². The molecule has 0 atom stereocenters. The fourth-order valence-electron chi connectivity index (χ4n) is 2.48. The number of anilines is 3. The molecule has 0 unspecified atom stereocenters. The molecule has 0 radical (unpaired) electrons. The van der Waals surface area contributed by atoms with Crippen molar-refractivity contribution in [1.29, 1.82) is 5.41 Å². The largest absolute Gasteiger partial charge is 0.386 e. The van der Waals surface area contributed by atoms with Crippen LogP contribution in [0.15, 0.2) is 23.0 Å². The Morgan fingerprint density at radius 1 is 1.30 bits per heavy atom. The predicted molar refractivity (Wildman–Crippen MR) is 108 cm³/mol. The predicted octanol–water partition coefficient (Wildman–Crippen LogP) is 3.12. The van der Waals surface area contributed by atoms with Gasteiger partial charge in [-0.2, -0.15) is 0 Å². The number of hydrogen-bond donors (Lipinski definition) is 6. The van der Waals surface area contributed by atoms with Crippen molar-refractivity contribution in [2.24, 2.45) is 0 Å². The van der Waals surface area contributed by atoms with E-state index >= 15 is 0 Å². The first-order valence-corrected chi connectivity index (χ1v) is 8.60. The number of nitrogens with one attached hydrogen (secondary N) is 6. The Morgan fingerprint density at radius 3 is 2.56 bits per heavy atom. The van der Waals surface area contributed by atoms with Crippen molar-refractivity contribution in [2.45, 2.75) is 26.7 Å². The molecule has 2 rings (SSSR count).